The molecule has 22 heavy (non-hydrogen) atoms. The zero-order valence-electron chi connectivity index (χ0n) is 11.6. The minimum Gasteiger partial charge on any atom is -0.459 e. The molecule has 0 atom stereocenters. The monoisotopic (exact) mass is 309 g/mol. The van der Waals surface area contributed by atoms with Gasteiger partial charge in [-0.1, -0.05) is 18.2 Å². The van der Waals surface area contributed by atoms with Crippen LogP contribution in [0.15, 0.2) is 48.7 Å². The number of aryl methyl sites for hydroxylation is 1. The first kappa shape index (κ1) is 16.0. The van der Waals surface area contributed by atoms with E-state index in [1.807, 2.05) is 0 Å². The third kappa shape index (κ3) is 4.87. The average Bonchev–Trinajstić information content (AvgIpc) is 2.51. The van der Waals surface area contributed by atoms with Crippen LogP contribution in [0, 0.1) is 0 Å². The SMILES string of the molecule is O=C(CCc1ccc(C(F)(F)F)cc1)OCc1ccccn1. The van der Waals surface area contributed by atoms with Crippen LogP contribution in [-0.4, -0.2) is 11.0 Å². The molecule has 0 aliphatic carbocycles. The molecule has 116 valence electrons. The van der Waals surface area contributed by atoms with Gasteiger partial charge in [-0.15, -0.1) is 0 Å². The molecule has 6 heteroatoms. The van der Waals surface area contributed by atoms with Crippen LogP contribution in [0.4, 0.5) is 13.2 Å². The van der Waals surface area contributed by atoms with Crippen molar-refractivity contribution in [2.24, 2.45) is 0 Å². The maximum absolute atomic E-state index is 12.4. The second-order valence-electron chi connectivity index (χ2n) is 4.68. The van der Waals surface area contributed by atoms with Crippen molar-refractivity contribution in [3.05, 3.63) is 65.5 Å². The van der Waals surface area contributed by atoms with Crippen LogP contribution in [0.1, 0.15) is 23.2 Å². The van der Waals surface area contributed by atoms with Crippen LogP contribution in [0.5, 0.6) is 0 Å². The Kier molecular flexibility index (Phi) is 5.14. The first-order chi connectivity index (χ1) is 10.4. The van der Waals surface area contributed by atoms with Crippen molar-refractivity contribution >= 4 is 5.97 Å². The summed E-state index contributed by atoms with van der Waals surface area (Å²) in [6.07, 6.45) is -2.30. The van der Waals surface area contributed by atoms with Gasteiger partial charge in [0.1, 0.15) is 6.61 Å². The number of hydrogen-bond donors (Lipinski definition) is 0. The van der Waals surface area contributed by atoms with Crippen molar-refractivity contribution in [1.82, 2.24) is 4.98 Å². The van der Waals surface area contributed by atoms with Gasteiger partial charge in [-0.2, -0.15) is 13.2 Å². The Morgan fingerprint density at radius 1 is 1.09 bits per heavy atom. The molecule has 0 amide bonds. The highest BCUT2D eigenvalue weighted by atomic mass is 19.4. The third-order valence-electron chi connectivity index (χ3n) is 3.01. The lowest BCUT2D eigenvalue weighted by Crippen LogP contribution is -2.07. The summed E-state index contributed by atoms with van der Waals surface area (Å²) in [6.45, 7) is 0.0900. The van der Waals surface area contributed by atoms with Crippen molar-refractivity contribution in [3.63, 3.8) is 0 Å². The number of hydrogen-bond acceptors (Lipinski definition) is 3. The number of aromatic nitrogens is 1. The van der Waals surface area contributed by atoms with E-state index in [4.69, 9.17) is 4.74 Å². The lowest BCUT2D eigenvalue weighted by molar-refractivity contribution is -0.145. The molecule has 1 aromatic carbocycles. The number of rotatable bonds is 5. The summed E-state index contributed by atoms with van der Waals surface area (Å²) in [5.41, 5.74) is 0.599. The number of alkyl halides is 3. The van der Waals surface area contributed by atoms with E-state index in [1.165, 1.54) is 12.1 Å². The summed E-state index contributed by atoms with van der Waals surface area (Å²) in [6, 6.07) is 10.0. The molecule has 0 N–H and O–H groups in total. The van der Waals surface area contributed by atoms with E-state index in [1.54, 1.807) is 24.4 Å². The van der Waals surface area contributed by atoms with Gasteiger partial charge in [0.2, 0.25) is 0 Å². The molecule has 2 aromatic rings. The molecule has 0 unspecified atom stereocenters. The van der Waals surface area contributed by atoms with E-state index < -0.39 is 17.7 Å². The number of ether oxygens (including phenoxy) is 1. The molecule has 3 nitrogen and oxygen atoms in total. The normalized spacial score (nSPS) is 11.2. The fourth-order valence-electron chi connectivity index (χ4n) is 1.82. The highest BCUT2D eigenvalue weighted by molar-refractivity contribution is 5.69. The van der Waals surface area contributed by atoms with E-state index in [0.29, 0.717) is 17.7 Å². The zero-order chi connectivity index (χ0) is 16.0. The standard InChI is InChI=1S/C16H14F3NO2/c17-16(18,19)13-7-4-12(5-8-13)6-9-15(21)22-11-14-3-1-2-10-20-14/h1-5,7-8,10H,6,9,11H2. The van der Waals surface area contributed by atoms with Gasteiger partial charge in [-0.05, 0) is 36.2 Å². The van der Waals surface area contributed by atoms with E-state index in [-0.39, 0.29) is 13.0 Å². The molecular weight excluding hydrogens is 295 g/mol. The second kappa shape index (κ2) is 7.06. The third-order valence-corrected chi connectivity index (χ3v) is 3.01. The van der Waals surface area contributed by atoms with Crippen molar-refractivity contribution in [2.45, 2.75) is 25.6 Å². The van der Waals surface area contributed by atoms with E-state index in [0.717, 1.165) is 12.1 Å². The van der Waals surface area contributed by atoms with Crippen molar-refractivity contribution in [1.29, 1.82) is 0 Å². The maximum atomic E-state index is 12.4. The van der Waals surface area contributed by atoms with Gasteiger partial charge in [0.25, 0.3) is 0 Å². The largest absolute Gasteiger partial charge is 0.459 e. The van der Waals surface area contributed by atoms with Gasteiger partial charge in [-0.3, -0.25) is 9.78 Å². The highest BCUT2D eigenvalue weighted by Gasteiger charge is 2.29. The van der Waals surface area contributed by atoms with Crippen LogP contribution >= 0.6 is 0 Å². The molecule has 0 fully saturated rings. The van der Waals surface area contributed by atoms with E-state index in [2.05, 4.69) is 4.98 Å². The minimum absolute atomic E-state index is 0.0900. The topological polar surface area (TPSA) is 39.2 Å². The molecule has 0 spiro atoms. The molecule has 2 rings (SSSR count). The summed E-state index contributed by atoms with van der Waals surface area (Å²) >= 11 is 0. The van der Waals surface area contributed by atoms with Gasteiger partial charge in [0.15, 0.2) is 0 Å². The lowest BCUT2D eigenvalue weighted by atomic mass is 10.1. The molecule has 0 aliphatic heterocycles. The Bertz CT molecular complexity index is 610. The number of carbonyl (C=O) groups excluding carboxylic acids is 1. The highest BCUT2D eigenvalue weighted by Crippen LogP contribution is 2.29. The molecular formula is C16H14F3NO2. The van der Waals surface area contributed by atoms with Crippen LogP contribution in [0.25, 0.3) is 0 Å². The molecule has 0 bridgehead atoms. The first-order valence-electron chi connectivity index (χ1n) is 6.67. The van der Waals surface area contributed by atoms with Crippen LogP contribution < -0.4 is 0 Å². The summed E-state index contributed by atoms with van der Waals surface area (Å²) < 4.78 is 42.3. The number of carbonyl (C=O) groups is 1. The predicted octanol–water partition coefficient (Wildman–Crippen LogP) is 3.78. The van der Waals surface area contributed by atoms with Crippen LogP contribution in [0.2, 0.25) is 0 Å². The maximum Gasteiger partial charge on any atom is 0.416 e. The summed E-state index contributed by atoms with van der Waals surface area (Å²) in [5, 5.41) is 0. The average molecular weight is 309 g/mol. The lowest BCUT2D eigenvalue weighted by Gasteiger charge is -2.08. The Labute approximate surface area is 125 Å². The number of esters is 1. The van der Waals surface area contributed by atoms with Gasteiger partial charge in [0.05, 0.1) is 11.3 Å². The second-order valence-corrected chi connectivity index (χ2v) is 4.68. The van der Waals surface area contributed by atoms with Gasteiger partial charge < -0.3 is 4.74 Å². The zero-order valence-corrected chi connectivity index (χ0v) is 11.6. The first-order valence-corrected chi connectivity index (χ1v) is 6.67. The smallest absolute Gasteiger partial charge is 0.416 e. The molecule has 0 radical (unpaired) electrons. The quantitative estimate of drug-likeness (QED) is 0.789. The molecule has 0 saturated heterocycles. The Hall–Kier alpha value is -2.37. The fourth-order valence-corrected chi connectivity index (χ4v) is 1.82. The number of halogens is 3. The number of nitrogens with zero attached hydrogens (tertiary/aromatic N) is 1. The predicted molar refractivity (Wildman–Crippen MR) is 73.8 cm³/mol. The van der Waals surface area contributed by atoms with Crippen molar-refractivity contribution in [2.75, 3.05) is 0 Å². The van der Waals surface area contributed by atoms with Crippen molar-refractivity contribution in [3.8, 4) is 0 Å². The molecule has 1 heterocycles. The van der Waals surface area contributed by atoms with Gasteiger partial charge in [0, 0.05) is 12.6 Å². The Balaban J connectivity index is 1.79. The van der Waals surface area contributed by atoms with Crippen molar-refractivity contribution < 1.29 is 22.7 Å². The Morgan fingerprint density at radius 3 is 2.41 bits per heavy atom. The molecule has 0 aliphatic rings. The summed E-state index contributed by atoms with van der Waals surface area (Å²) in [4.78, 5) is 15.6. The molecule has 1 aromatic heterocycles. The minimum atomic E-state index is -4.35. The number of benzene rings is 1. The summed E-state index contributed by atoms with van der Waals surface area (Å²) in [7, 11) is 0. The van der Waals surface area contributed by atoms with Crippen LogP contribution in [-0.2, 0) is 28.7 Å². The van der Waals surface area contributed by atoms with Gasteiger partial charge >= 0.3 is 12.1 Å². The fraction of sp³-hybridized carbons (Fsp3) is 0.250. The van der Waals surface area contributed by atoms with E-state index >= 15 is 0 Å². The van der Waals surface area contributed by atoms with Gasteiger partial charge in [-0.25, -0.2) is 0 Å². The Morgan fingerprint density at radius 2 is 1.82 bits per heavy atom. The van der Waals surface area contributed by atoms with E-state index in [9.17, 15) is 18.0 Å². The van der Waals surface area contributed by atoms with Crippen LogP contribution in [0.3, 0.4) is 0 Å². The number of pyridine rings is 1. The summed E-state index contributed by atoms with van der Waals surface area (Å²) in [5.74, 6) is -0.412. The molecule has 0 saturated carbocycles.